The number of imide groups is 1. The molecule has 0 aromatic heterocycles. The predicted octanol–water partition coefficient (Wildman–Crippen LogP) is -0.745. The number of urea groups is 1. The number of carbonyl (C=O) groups is 2. The fourth-order valence-corrected chi connectivity index (χ4v) is 1.66. The van der Waals surface area contributed by atoms with Gasteiger partial charge in [0.2, 0.25) is 5.91 Å². The van der Waals surface area contributed by atoms with Crippen molar-refractivity contribution in [1.82, 2.24) is 15.5 Å². The van der Waals surface area contributed by atoms with E-state index >= 15 is 0 Å². The van der Waals surface area contributed by atoms with Crippen LogP contribution in [0.5, 0.6) is 0 Å². The Morgan fingerprint density at radius 3 is 2.81 bits per heavy atom. The SMILES string of the molecule is CCCNC(=O)NC(=O)CN1CC[C@H](N)C1. The van der Waals surface area contributed by atoms with Crippen LogP contribution in [0.15, 0.2) is 0 Å². The highest BCUT2D eigenvalue weighted by molar-refractivity contribution is 5.95. The van der Waals surface area contributed by atoms with Gasteiger partial charge in [-0.25, -0.2) is 4.79 Å². The second kappa shape index (κ2) is 6.44. The van der Waals surface area contributed by atoms with Gasteiger partial charge in [-0.05, 0) is 12.8 Å². The normalized spacial score (nSPS) is 20.8. The van der Waals surface area contributed by atoms with Gasteiger partial charge in [0.15, 0.2) is 0 Å². The average Bonchev–Trinajstić information content (AvgIpc) is 2.60. The minimum atomic E-state index is -0.421. The van der Waals surface area contributed by atoms with Gasteiger partial charge in [-0.2, -0.15) is 0 Å². The second-order valence-corrected chi connectivity index (χ2v) is 4.09. The molecule has 92 valence electrons. The quantitative estimate of drug-likeness (QED) is 0.591. The smallest absolute Gasteiger partial charge is 0.321 e. The first kappa shape index (κ1) is 12.9. The van der Waals surface area contributed by atoms with Crippen LogP contribution in [0.2, 0.25) is 0 Å². The molecule has 1 saturated heterocycles. The maximum absolute atomic E-state index is 11.4. The zero-order valence-electron chi connectivity index (χ0n) is 9.66. The molecule has 6 heteroatoms. The van der Waals surface area contributed by atoms with E-state index in [2.05, 4.69) is 10.6 Å². The summed E-state index contributed by atoms with van der Waals surface area (Å²) >= 11 is 0. The molecule has 0 radical (unpaired) electrons. The summed E-state index contributed by atoms with van der Waals surface area (Å²) < 4.78 is 0. The van der Waals surface area contributed by atoms with E-state index in [1.807, 2.05) is 11.8 Å². The van der Waals surface area contributed by atoms with Crippen molar-refractivity contribution in [2.24, 2.45) is 5.73 Å². The maximum Gasteiger partial charge on any atom is 0.321 e. The molecule has 0 saturated carbocycles. The maximum atomic E-state index is 11.4. The Balaban J connectivity index is 2.17. The average molecular weight is 228 g/mol. The predicted molar refractivity (Wildman–Crippen MR) is 60.9 cm³/mol. The Hall–Kier alpha value is -1.14. The molecule has 6 nitrogen and oxygen atoms in total. The van der Waals surface area contributed by atoms with Gasteiger partial charge < -0.3 is 11.1 Å². The van der Waals surface area contributed by atoms with Gasteiger partial charge in [-0.1, -0.05) is 6.92 Å². The van der Waals surface area contributed by atoms with Crippen molar-refractivity contribution in [1.29, 1.82) is 0 Å². The summed E-state index contributed by atoms with van der Waals surface area (Å²) in [6.45, 7) is 4.32. The van der Waals surface area contributed by atoms with Crippen molar-refractivity contribution >= 4 is 11.9 Å². The van der Waals surface area contributed by atoms with Gasteiger partial charge >= 0.3 is 6.03 Å². The van der Waals surface area contributed by atoms with Crippen molar-refractivity contribution < 1.29 is 9.59 Å². The summed E-state index contributed by atoms with van der Waals surface area (Å²) in [6.07, 6.45) is 1.76. The highest BCUT2D eigenvalue weighted by Crippen LogP contribution is 2.05. The summed E-state index contributed by atoms with van der Waals surface area (Å²) in [6, 6.07) is -0.267. The number of carbonyl (C=O) groups excluding carboxylic acids is 2. The molecule has 0 unspecified atom stereocenters. The van der Waals surface area contributed by atoms with Crippen LogP contribution >= 0.6 is 0 Å². The molecule has 0 spiro atoms. The van der Waals surface area contributed by atoms with Crippen molar-refractivity contribution in [2.45, 2.75) is 25.8 Å². The fourth-order valence-electron chi connectivity index (χ4n) is 1.66. The number of hydrogen-bond acceptors (Lipinski definition) is 4. The molecular weight excluding hydrogens is 208 g/mol. The molecule has 1 aliphatic rings. The monoisotopic (exact) mass is 228 g/mol. The molecule has 16 heavy (non-hydrogen) atoms. The third kappa shape index (κ3) is 4.59. The van der Waals surface area contributed by atoms with E-state index in [0.29, 0.717) is 6.54 Å². The topological polar surface area (TPSA) is 87.5 Å². The first-order valence-electron chi connectivity index (χ1n) is 5.67. The van der Waals surface area contributed by atoms with Crippen LogP contribution in [0.25, 0.3) is 0 Å². The standard InChI is InChI=1S/C10H20N4O2/c1-2-4-12-10(16)13-9(15)7-14-5-3-8(11)6-14/h8H,2-7,11H2,1H3,(H2,12,13,15,16)/t8-/m0/s1. The second-order valence-electron chi connectivity index (χ2n) is 4.09. The third-order valence-electron chi connectivity index (χ3n) is 2.46. The van der Waals surface area contributed by atoms with Crippen molar-refractivity contribution in [3.05, 3.63) is 0 Å². The number of amides is 3. The Morgan fingerprint density at radius 2 is 2.25 bits per heavy atom. The van der Waals surface area contributed by atoms with Gasteiger partial charge in [-0.3, -0.25) is 15.0 Å². The van der Waals surface area contributed by atoms with E-state index in [-0.39, 0.29) is 18.5 Å². The number of likely N-dealkylation sites (tertiary alicyclic amines) is 1. The molecule has 1 rings (SSSR count). The van der Waals surface area contributed by atoms with E-state index in [1.54, 1.807) is 0 Å². The van der Waals surface area contributed by atoms with Gasteiger partial charge in [0, 0.05) is 25.7 Å². The van der Waals surface area contributed by atoms with Gasteiger partial charge in [0.25, 0.3) is 0 Å². The molecule has 1 fully saturated rings. The largest absolute Gasteiger partial charge is 0.338 e. The Labute approximate surface area is 95.5 Å². The number of nitrogens with two attached hydrogens (primary N) is 1. The summed E-state index contributed by atoms with van der Waals surface area (Å²) in [5.74, 6) is -0.275. The highest BCUT2D eigenvalue weighted by atomic mass is 16.2. The van der Waals surface area contributed by atoms with E-state index in [9.17, 15) is 9.59 Å². The molecule has 4 N–H and O–H groups in total. The van der Waals surface area contributed by atoms with Crippen LogP contribution in [0, 0.1) is 0 Å². The Bertz CT molecular complexity index is 257. The van der Waals surface area contributed by atoms with Crippen LogP contribution in [-0.4, -0.2) is 49.1 Å². The van der Waals surface area contributed by atoms with Crippen LogP contribution in [0.1, 0.15) is 19.8 Å². The molecule has 0 aliphatic carbocycles. The lowest BCUT2D eigenvalue weighted by Crippen LogP contribution is -2.44. The van der Waals surface area contributed by atoms with Gasteiger partial charge in [0.05, 0.1) is 6.54 Å². The number of nitrogens with one attached hydrogen (secondary N) is 2. The van der Waals surface area contributed by atoms with Crippen LogP contribution in [0.4, 0.5) is 4.79 Å². The number of rotatable bonds is 4. The third-order valence-corrected chi connectivity index (χ3v) is 2.46. The van der Waals surface area contributed by atoms with E-state index in [1.165, 1.54) is 0 Å². The summed E-state index contributed by atoms with van der Waals surface area (Å²) in [7, 11) is 0. The molecule has 3 amide bonds. The number of hydrogen-bond donors (Lipinski definition) is 3. The van der Waals surface area contributed by atoms with E-state index in [0.717, 1.165) is 25.9 Å². The van der Waals surface area contributed by atoms with Crippen molar-refractivity contribution in [3.63, 3.8) is 0 Å². The lowest BCUT2D eigenvalue weighted by molar-refractivity contribution is -0.120. The first-order chi connectivity index (χ1) is 7.61. The van der Waals surface area contributed by atoms with Gasteiger partial charge in [-0.15, -0.1) is 0 Å². The first-order valence-corrected chi connectivity index (χ1v) is 5.67. The molecule has 0 bridgehead atoms. The molecule has 1 atom stereocenters. The lowest BCUT2D eigenvalue weighted by atomic mass is 10.3. The lowest BCUT2D eigenvalue weighted by Gasteiger charge is -2.14. The fraction of sp³-hybridized carbons (Fsp3) is 0.800. The Kier molecular flexibility index (Phi) is 5.21. The molecule has 0 aromatic rings. The zero-order chi connectivity index (χ0) is 12.0. The van der Waals surface area contributed by atoms with Crippen LogP contribution in [0.3, 0.4) is 0 Å². The Morgan fingerprint density at radius 1 is 1.50 bits per heavy atom. The van der Waals surface area contributed by atoms with Crippen LogP contribution < -0.4 is 16.4 Å². The minimum Gasteiger partial charge on any atom is -0.338 e. The summed E-state index contributed by atoms with van der Waals surface area (Å²) in [5, 5.41) is 4.87. The van der Waals surface area contributed by atoms with Crippen molar-refractivity contribution in [3.8, 4) is 0 Å². The number of nitrogens with zero attached hydrogens (tertiary/aromatic N) is 1. The summed E-state index contributed by atoms with van der Waals surface area (Å²) in [5.41, 5.74) is 5.72. The van der Waals surface area contributed by atoms with Crippen LogP contribution in [-0.2, 0) is 4.79 Å². The van der Waals surface area contributed by atoms with E-state index in [4.69, 9.17) is 5.73 Å². The minimum absolute atomic E-state index is 0.154. The highest BCUT2D eigenvalue weighted by Gasteiger charge is 2.21. The van der Waals surface area contributed by atoms with Crippen molar-refractivity contribution in [2.75, 3.05) is 26.2 Å². The van der Waals surface area contributed by atoms with E-state index < -0.39 is 6.03 Å². The summed E-state index contributed by atoms with van der Waals surface area (Å²) in [4.78, 5) is 24.5. The zero-order valence-corrected chi connectivity index (χ0v) is 9.66. The van der Waals surface area contributed by atoms with Gasteiger partial charge in [0.1, 0.15) is 0 Å². The molecular formula is C10H20N4O2. The molecule has 1 aliphatic heterocycles. The molecule has 1 heterocycles. The molecule has 0 aromatic carbocycles.